The summed E-state index contributed by atoms with van der Waals surface area (Å²) in [4.78, 5) is 21.7. The van der Waals surface area contributed by atoms with Crippen LogP contribution in [-0.2, 0) is 4.74 Å². The third-order valence-electron chi connectivity index (χ3n) is 4.88. The maximum Gasteiger partial charge on any atom is 0.291 e. The number of aryl methyl sites for hydroxylation is 1. The molecular formula is C17H27N3O3. The van der Waals surface area contributed by atoms with Crippen LogP contribution in [0, 0.1) is 6.92 Å². The molecule has 2 fully saturated rings. The van der Waals surface area contributed by atoms with Crippen molar-refractivity contribution in [2.24, 2.45) is 0 Å². The van der Waals surface area contributed by atoms with Crippen molar-refractivity contribution in [2.45, 2.75) is 52.1 Å². The van der Waals surface area contributed by atoms with Gasteiger partial charge in [0, 0.05) is 37.6 Å². The van der Waals surface area contributed by atoms with E-state index in [4.69, 9.17) is 9.15 Å². The van der Waals surface area contributed by atoms with Crippen LogP contribution in [0.15, 0.2) is 4.42 Å². The Morgan fingerprint density at radius 3 is 2.61 bits per heavy atom. The van der Waals surface area contributed by atoms with Gasteiger partial charge < -0.3 is 14.1 Å². The molecule has 3 heterocycles. The number of nitrogens with zero attached hydrogens (tertiary/aromatic N) is 3. The Labute approximate surface area is 137 Å². The molecule has 3 rings (SSSR count). The van der Waals surface area contributed by atoms with E-state index in [0.29, 0.717) is 23.4 Å². The second-order valence-corrected chi connectivity index (χ2v) is 6.97. The Kier molecular flexibility index (Phi) is 4.73. The average Bonchev–Trinajstić information content (AvgIpc) is 3.11. The molecule has 2 aliphatic heterocycles. The quantitative estimate of drug-likeness (QED) is 0.853. The lowest BCUT2D eigenvalue weighted by Gasteiger charge is -2.31. The molecule has 1 amide bonds. The standard InChI is InChI=1S/C17H27N3O3/c1-11(2)16-18-13(4)15(23-16)17(21)20-10-14(9-12(20)3)19-5-7-22-8-6-19/h11-12,14H,5-10H2,1-4H3. The van der Waals surface area contributed by atoms with Crippen molar-refractivity contribution in [3.8, 4) is 0 Å². The Morgan fingerprint density at radius 1 is 1.30 bits per heavy atom. The van der Waals surface area contributed by atoms with Gasteiger partial charge in [-0.05, 0) is 20.3 Å². The second-order valence-electron chi connectivity index (χ2n) is 6.97. The molecule has 0 aliphatic carbocycles. The summed E-state index contributed by atoms with van der Waals surface area (Å²) in [6.45, 7) is 12.3. The second kappa shape index (κ2) is 6.61. The van der Waals surface area contributed by atoms with Crippen LogP contribution in [-0.4, -0.2) is 65.6 Å². The monoisotopic (exact) mass is 321 g/mol. The van der Waals surface area contributed by atoms with Crippen molar-refractivity contribution < 1.29 is 13.9 Å². The van der Waals surface area contributed by atoms with Crippen molar-refractivity contribution in [3.05, 3.63) is 17.3 Å². The molecule has 0 saturated carbocycles. The first kappa shape index (κ1) is 16.5. The predicted molar refractivity (Wildman–Crippen MR) is 86.6 cm³/mol. The molecule has 6 heteroatoms. The van der Waals surface area contributed by atoms with E-state index in [1.165, 1.54) is 0 Å². The first-order chi connectivity index (χ1) is 11.0. The highest BCUT2D eigenvalue weighted by Gasteiger charge is 2.38. The Hall–Kier alpha value is -1.40. The molecule has 1 aromatic rings. The third kappa shape index (κ3) is 3.28. The molecular weight excluding hydrogens is 294 g/mol. The normalized spacial score (nSPS) is 26.2. The van der Waals surface area contributed by atoms with Gasteiger partial charge in [-0.15, -0.1) is 0 Å². The number of rotatable bonds is 3. The number of ether oxygens (including phenoxy) is 1. The summed E-state index contributed by atoms with van der Waals surface area (Å²) >= 11 is 0. The van der Waals surface area contributed by atoms with E-state index in [0.717, 1.165) is 39.3 Å². The van der Waals surface area contributed by atoms with Crippen LogP contribution in [0.5, 0.6) is 0 Å². The molecule has 0 bridgehead atoms. The summed E-state index contributed by atoms with van der Waals surface area (Å²) in [6.07, 6.45) is 1.01. The molecule has 23 heavy (non-hydrogen) atoms. The zero-order valence-electron chi connectivity index (χ0n) is 14.5. The summed E-state index contributed by atoms with van der Waals surface area (Å²) in [5, 5.41) is 0. The van der Waals surface area contributed by atoms with Gasteiger partial charge in [0.05, 0.1) is 18.9 Å². The maximum atomic E-state index is 12.9. The van der Waals surface area contributed by atoms with Crippen molar-refractivity contribution >= 4 is 5.91 Å². The van der Waals surface area contributed by atoms with Crippen LogP contribution in [0.25, 0.3) is 0 Å². The molecule has 6 nitrogen and oxygen atoms in total. The number of likely N-dealkylation sites (tertiary alicyclic amines) is 1. The number of carbonyl (C=O) groups is 1. The SMILES string of the molecule is Cc1nc(C(C)C)oc1C(=O)N1CC(N2CCOCC2)CC1C. The van der Waals surface area contributed by atoms with Gasteiger partial charge in [-0.2, -0.15) is 0 Å². The number of oxazole rings is 1. The Bertz CT molecular complexity index is 563. The zero-order chi connectivity index (χ0) is 16.6. The van der Waals surface area contributed by atoms with Gasteiger partial charge >= 0.3 is 0 Å². The summed E-state index contributed by atoms with van der Waals surface area (Å²) in [5.41, 5.74) is 0.695. The minimum atomic E-state index is -0.0230. The van der Waals surface area contributed by atoms with Crippen molar-refractivity contribution in [1.29, 1.82) is 0 Å². The van der Waals surface area contributed by atoms with E-state index in [9.17, 15) is 4.79 Å². The molecule has 0 spiro atoms. The molecule has 2 aliphatic rings. The van der Waals surface area contributed by atoms with Gasteiger partial charge in [0.15, 0.2) is 5.89 Å². The molecule has 128 valence electrons. The van der Waals surface area contributed by atoms with E-state index in [2.05, 4.69) is 16.8 Å². The van der Waals surface area contributed by atoms with Crippen LogP contribution < -0.4 is 0 Å². The van der Waals surface area contributed by atoms with E-state index in [1.54, 1.807) is 0 Å². The van der Waals surface area contributed by atoms with Gasteiger partial charge in [-0.25, -0.2) is 4.98 Å². The van der Waals surface area contributed by atoms with Crippen molar-refractivity contribution in [3.63, 3.8) is 0 Å². The Balaban J connectivity index is 1.72. The van der Waals surface area contributed by atoms with Crippen LogP contribution in [0.1, 0.15) is 55.2 Å². The number of hydrogen-bond acceptors (Lipinski definition) is 5. The summed E-state index contributed by atoms with van der Waals surface area (Å²) in [6, 6.07) is 0.646. The minimum Gasteiger partial charge on any atom is -0.435 e. The molecule has 2 atom stereocenters. The fraction of sp³-hybridized carbons (Fsp3) is 0.765. The fourth-order valence-electron chi connectivity index (χ4n) is 3.49. The lowest BCUT2D eigenvalue weighted by molar-refractivity contribution is 0.0184. The van der Waals surface area contributed by atoms with Crippen LogP contribution in [0.3, 0.4) is 0 Å². The first-order valence-corrected chi connectivity index (χ1v) is 8.57. The van der Waals surface area contributed by atoms with Crippen LogP contribution in [0.2, 0.25) is 0 Å². The van der Waals surface area contributed by atoms with Gasteiger partial charge in [0.1, 0.15) is 0 Å². The number of aromatic nitrogens is 1. The van der Waals surface area contributed by atoms with Gasteiger partial charge in [-0.1, -0.05) is 13.8 Å². The lowest BCUT2D eigenvalue weighted by Crippen LogP contribution is -2.45. The highest BCUT2D eigenvalue weighted by molar-refractivity contribution is 5.93. The molecule has 2 unspecified atom stereocenters. The van der Waals surface area contributed by atoms with E-state index in [-0.39, 0.29) is 17.9 Å². The predicted octanol–water partition coefficient (Wildman–Crippen LogP) is 2.04. The molecule has 2 saturated heterocycles. The fourth-order valence-corrected chi connectivity index (χ4v) is 3.49. The van der Waals surface area contributed by atoms with Crippen molar-refractivity contribution in [1.82, 2.24) is 14.8 Å². The molecule has 0 radical (unpaired) electrons. The third-order valence-corrected chi connectivity index (χ3v) is 4.88. The topological polar surface area (TPSA) is 58.8 Å². The van der Waals surface area contributed by atoms with Gasteiger partial charge in [0.25, 0.3) is 5.91 Å². The highest BCUT2D eigenvalue weighted by Crippen LogP contribution is 2.26. The number of carbonyl (C=O) groups excluding carboxylic acids is 1. The molecule has 0 N–H and O–H groups in total. The number of amides is 1. The smallest absolute Gasteiger partial charge is 0.291 e. The highest BCUT2D eigenvalue weighted by atomic mass is 16.5. The Morgan fingerprint density at radius 2 is 2.00 bits per heavy atom. The maximum absolute atomic E-state index is 12.9. The number of hydrogen-bond donors (Lipinski definition) is 0. The molecule has 1 aromatic heterocycles. The number of morpholine rings is 1. The van der Waals surface area contributed by atoms with Gasteiger partial charge in [0.2, 0.25) is 5.76 Å². The van der Waals surface area contributed by atoms with Gasteiger partial charge in [-0.3, -0.25) is 9.69 Å². The summed E-state index contributed by atoms with van der Waals surface area (Å²) in [7, 11) is 0. The minimum absolute atomic E-state index is 0.0230. The van der Waals surface area contributed by atoms with E-state index < -0.39 is 0 Å². The molecule has 0 aromatic carbocycles. The lowest BCUT2D eigenvalue weighted by atomic mass is 10.1. The van der Waals surface area contributed by atoms with Crippen LogP contribution >= 0.6 is 0 Å². The van der Waals surface area contributed by atoms with E-state index in [1.807, 2.05) is 25.7 Å². The first-order valence-electron chi connectivity index (χ1n) is 8.57. The largest absolute Gasteiger partial charge is 0.435 e. The summed E-state index contributed by atoms with van der Waals surface area (Å²) < 4.78 is 11.2. The van der Waals surface area contributed by atoms with Crippen LogP contribution in [0.4, 0.5) is 0 Å². The summed E-state index contributed by atoms with van der Waals surface area (Å²) in [5.74, 6) is 1.21. The zero-order valence-corrected chi connectivity index (χ0v) is 14.5. The van der Waals surface area contributed by atoms with Crippen molar-refractivity contribution in [2.75, 3.05) is 32.8 Å². The average molecular weight is 321 g/mol. The van der Waals surface area contributed by atoms with E-state index >= 15 is 0 Å².